The van der Waals surface area contributed by atoms with Crippen molar-refractivity contribution >= 4 is 0 Å². The van der Waals surface area contributed by atoms with Crippen LogP contribution >= 0.6 is 0 Å². The Labute approximate surface area is 90.1 Å². The Morgan fingerprint density at radius 3 is 2.47 bits per heavy atom. The summed E-state index contributed by atoms with van der Waals surface area (Å²) < 4.78 is 0. The topological polar surface area (TPSA) is 70.0 Å². The van der Waals surface area contributed by atoms with Gasteiger partial charge in [-0.25, -0.2) is 0 Å². The van der Waals surface area contributed by atoms with Gasteiger partial charge >= 0.3 is 0 Å². The maximum atomic E-state index is 10.00. The monoisotopic (exact) mass is 204 g/mol. The second-order valence-corrected chi connectivity index (χ2v) is 3.97. The molecular formula is C12H16N2O. The van der Waals surface area contributed by atoms with Gasteiger partial charge in [0, 0.05) is 6.04 Å². The van der Waals surface area contributed by atoms with Crippen molar-refractivity contribution in [1.82, 2.24) is 0 Å². The Morgan fingerprint density at radius 2 is 1.93 bits per heavy atom. The van der Waals surface area contributed by atoms with Gasteiger partial charge in [-0.3, -0.25) is 0 Å². The highest BCUT2D eigenvalue weighted by molar-refractivity contribution is 5.39. The minimum absolute atomic E-state index is 0.173. The molecule has 0 radical (unpaired) electrons. The van der Waals surface area contributed by atoms with Crippen molar-refractivity contribution in [3.63, 3.8) is 0 Å². The van der Waals surface area contributed by atoms with Gasteiger partial charge in [-0.1, -0.05) is 32.0 Å². The van der Waals surface area contributed by atoms with Crippen LogP contribution in [0.15, 0.2) is 24.3 Å². The highest BCUT2D eigenvalue weighted by Gasteiger charge is 2.21. The van der Waals surface area contributed by atoms with E-state index < -0.39 is 6.10 Å². The molecule has 0 heterocycles. The molecule has 1 aromatic carbocycles. The maximum Gasteiger partial charge on any atom is 0.0995 e. The van der Waals surface area contributed by atoms with Gasteiger partial charge in [0.15, 0.2) is 0 Å². The van der Waals surface area contributed by atoms with E-state index in [2.05, 4.69) is 6.07 Å². The van der Waals surface area contributed by atoms with E-state index >= 15 is 0 Å². The zero-order chi connectivity index (χ0) is 11.4. The van der Waals surface area contributed by atoms with Crippen LogP contribution in [0.25, 0.3) is 0 Å². The minimum Gasteiger partial charge on any atom is -0.387 e. The molecule has 3 nitrogen and oxygen atoms in total. The van der Waals surface area contributed by atoms with Crippen LogP contribution in [-0.4, -0.2) is 11.1 Å². The summed E-state index contributed by atoms with van der Waals surface area (Å²) in [6.07, 6.45) is -0.777. The van der Waals surface area contributed by atoms with E-state index in [1.807, 2.05) is 13.8 Å². The largest absolute Gasteiger partial charge is 0.387 e. The molecule has 0 saturated heterocycles. The van der Waals surface area contributed by atoms with Crippen LogP contribution in [0.3, 0.4) is 0 Å². The van der Waals surface area contributed by atoms with Gasteiger partial charge < -0.3 is 10.8 Å². The van der Waals surface area contributed by atoms with Crippen molar-refractivity contribution in [2.24, 2.45) is 11.7 Å². The van der Waals surface area contributed by atoms with Crippen molar-refractivity contribution in [2.75, 3.05) is 0 Å². The fraction of sp³-hybridized carbons (Fsp3) is 0.417. The van der Waals surface area contributed by atoms with Crippen LogP contribution in [0.2, 0.25) is 0 Å². The van der Waals surface area contributed by atoms with Gasteiger partial charge in [0.05, 0.1) is 17.7 Å². The molecule has 2 unspecified atom stereocenters. The smallest absolute Gasteiger partial charge is 0.0995 e. The fourth-order valence-corrected chi connectivity index (χ4v) is 1.43. The summed E-state index contributed by atoms with van der Waals surface area (Å²) in [7, 11) is 0. The lowest BCUT2D eigenvalue weighted by molar-refractivity contribution is 0.125. The lowest BCUT2D eigenvalue weighted by Crippen LogP contribution is -2.33. The van der Waals surface area contributed by atoms with Crippen LogP contribution in [0.1, 0.15) is 31.1 Å². The van der Waals surface area contributed by atoms with Crippen LogP contribution in [0.5, 0.6) is 0 Å². The third-order valence-corrected chi connectivity index (χ3v) is 2.53. The molecule has 0 aliphatic heterocycles. The molecule has 0 bridgehead atoms. The number of hydrogen-bond acceptors (Lipinski definition) is 3. The van der Waals surface area contributed by atoms with Crippen LogP contribution < -0.4 is 5.73 Å². The molecule has 3 heteroatoms. The maximum absolute atomic E-state index is 10.00. The normalized spacial score (nSPS) is 14.7. The molecule has 80 valence electrons. The molecule has 0 spiro atoms. The summed E-state index contributed by atoms with van der Waals surface area (Å²) in [6, 6.07) is 8.71. The van der Waals surface area contributed by atoms with Crippen molar-refractivity contribution in [3.05, 3.63) is 35.4 Å². The van der Waals surface area contributed by atoms with E-state index in [0.717, 1.165) is 0 Å². The number of rotatable bonds is 3. The molecule has 0 saturated carbocycles. The van der Waals surface area contributed by atoms with E-state index in [4.69, 9.17) is 11.0 Å². The molecule has 15 heavy (non-hydrogen) atoms. The summed E-state index contributed by atoms with van der Waals surface area (Å²) in [6.45, 7) is 3.89. The number of nitrogens with zero attached hydrogens (tertiary/aromatic N) is 1. The fourth-order valence-electron chi connectivity index (χ4n) is 1.43. The Kier molecular flexibility index (Phi) is 3.84. The molecule has 0 aliphatic carbocycles. The summed E-state index contributed by atoms with van der Waals surface area (Å²) >= 11 is 0. The standard InChI is InChI=1S/C12H16N2O/c1-8(2)11(14)12(15)10-6-4-3-5-9(10)7-13/h3-6,8,11-12,15H,14H2,1-2H3. The number of aliphatic hydroxyl groups is 1. The molecule has 2 atom stereocenters. The second kappa shape index (κ2) is 4.92. The Hall–Kier alpha value is -1.37. The van der Waals surface area contributed by atoms with Gasteiger partial charge in [0.1, 0.15) is 0 Å². The van der Waals surface area contributed by atoms with E-state index in [1.165, 1.54) is 0 Å². The Morgan fingerprint density at radius 1 is 1.33 bits per heavy atom. The van der Waals surface area contributed by atoms with E-state index in [-0.39, 0.29) is 12.0 Å². The lowest BCUT2D eigenvalue weighted by atomic mass is 9.92. The zero-order valence-corrected chi connectivity index (χ0v) is 9.01. The van der Waals surface area contributed by atoms with Crippen LogP contribution in [-0.2, 0) is 0 Å². The number of benzene rings is 1. The Bertz CT molecular complexity index is 368. The van der Waals surface area contributed by atoms with Gasteiger partial charge in [0.2, 0.25) is 0 Å². The van der Waals surface area contributed by atoms with Gasteiger partial charge in [0.25, 0.3) is 0 Å². The van der Waals surface area contributed by atoms with Crippen molar-refractivity contribution in [3.8, 4) is 6.07 Å². The highest BCUT2D eigenvalue weighted by Crippen LogP contribution is 2.22. The first-order valence-electron chi connectivity index (χ1n) is 5.00. The lowest BCUT2D eigenvalue weighted by Gasteiger charge is -2.23. The highest BCUT2D eigenvalue weighted by atomic mass is 16.3. The number of hydrogen-bond donors (Lipinski definition) is 2. The average molecular weight is 204 g/mol. The molecule has 0 amide bonds. The Balaban J connectivity index is 3.01. The molecule has 1 rings (SSSR count). The molecule has 3 N–H and O–H groups in total. The first kappa shape index (κ1) is 11.7. The molecular weight excluding hydrogens is 188 g/mol. The van der Waals surface area contributed by atoms with E-state index in [1.54, 1.807) is 24.3 Å². The third-order valence-electron chi connectivity index (χ3n) is 2.53. The van der Waals surface area contributed by atoms with Crippen molar-refractivity contribution in [1.29, 1.82) is 5.26 Å². The predicted molar refractivity (Wildman–Crippen MR) is 58.9 cm³/mol. The molecule has 0 aromatic heterocycles. The van der Waals surface area contributed by atoms with Gasteiger partial charge in [-0.05, 0) is 17.5 Å². The second-order valence-electron chi connectivity index (χ2n) is 3.97. The summed E-state index contributed by atoms with van der Waals surface area (Å²) in [5.74, 6) is 0.173. The van der Waals surface area contributed by atoms with Gasteiger partial charge in [-0.15, -0.1) is 0 Å². The first-order valence-corrected chi connectivity index (χ1v) is 5.00. The third kappa shape index (κ3) is 2.56. The number of nitrogens with two attached hydrogens (primary N) is 1. The number of nitriles is 1. The zero-order valence-electron chi connectivity index (χ0n) is 9.01. The summed E-state index contributed by atoms with van der Waals surface area (Å²) in [5.41, 5.74) is 6.96. The van der Waals surface area contributed by atoms with Gasteiger partial charge in [-0.2, -0.15) is 5.26 Å². The van der Waals surface area contributed by atoms with Crippen molar-refractivity contribution in [2.45, 2.75) is 26.0 Å². The van der Waals surface area contributed by atoms with Crippen LogP contribution in [0.4, 0.5) is 0 Å². The van der Waals surface area contributed by atoms with Crippen LogP contribution in [0, 0.1) is 17.2 Å². The SMILES string of the molecule is CC(C)C(N)C(O)c1ccccc1C#N. The average Bonchev–Trinajstić information content (AvgIpc) is 2.26. The summed E-state index contributed by atoms with van der Waals surface area (Å²) in [5, 5.41) is 18.9. The van der Waals surface area contributed by atoms with E-state index in [0.29, 0.717) is 11.1 Å². The number of aliphatic hydroxyl groups excluding tert-OH is 1. The van der Waals surface area contributed by atoms with Crippen molar-refractivity contribution < 1.29 is 5.11 Å². The predicted octanol–water partition coefficient (Wildman–Crippen LogP) is 1.57. The quantitative estimate of drug-likeness (QED) is 0.785. The van der Waals surface area contributed by atoms with E-state index in [9.17, 15) is 5.11 Å². The first-order chi connectivity index (χ1) is 7.07. The minimum atomic E-state index is -0.777. The summed E-state index contributed by atoms with van der Waals surface area (Å²) in [4.78, 5) is 0. The molecule has 0 fully saturated rings. The molecule has 0 aliphatic rings. The molecule has 1 aromatic rings.